The van der Waals surface area contributed by atoms with E-state index in [0.717, 1.165) is 6.07 Å². The molecular formula is C12H8F3NO. The predicted octanol–water partition coefficient (Wildman–Crippen LogP) is 3.46. The van der Waals surface area contributed by atoms with Crippen molar-refractivity contribution in [2.75, 3.05) is 0 Å². The number of fused-ring (bicyclic) bond motifs is 1. The summed E-state index contributed by atoms with van der Waals surface area (Å²) < 4.78 is 38.2. The molecule has 0 aliphatic carbocycles. The maximum absolute atomic E-state index is 12.7. The summed E-state index contributed by atoms with van der Waals surface area (Å²) in [4.78, 5) is 15.1. The molecular weight excluding hydrogens is 231 g/mol. The molecule has 0 fully saturated rings. The van der Waals surface area contributed by atoms with Crippen LogP contribution in [0.1, 0.15) is 23.0 Å². The molecule has 0 unspecified atom stereocenters. The van der Waals surface area contributed by atoms with Crippen LogP contribution in [-0.2, 0) is 6.18 Å². The van der Waals surface area contributed by atoms with E-state index in [1.165, 1.54) is 31.3 Å². The van der Waals surface area contributed by atoms with Crippen LogP contribution in [0.15, 0.2) is 30.5 Å². The van der Waals surface area contributed by atoms with Gasteiger partial charge in [-0.15, -0.1) is 0 Å². The van der Waals surface area contributed by atoms with E-state index < -0.39 is 11.7 Å². The van der Waals surface area contributed by atoms with Crippen LogP contribution in [0.2, 0.25) is 0 Å². The largest absolute Gasteiger partial charge is 0.417 e. The van der Waals surface area contributed by atoms with Crippen LogP contribution in [0, 0.1) is 0 Å². The highest BCUT2D eigenvalue weighted by molar-refractivity contribution is 6.05. The van der Waals surface area contributed by atoms with Crippen LogP contribution in [0.25, 0.3) is 10.8 Å². The number of aromatic nitrogens is 1. The zero-order valence-corrected chi connectivity index (χ0v) is 8.88. The van der Waals surface area contributed by atoms with E-state index in [9.17, 15) is 18.0 Å². The second-order valence-corrected chi connectivity index (χ2v) is 3.61. The molecule has 0 N–H and O–H groups in total. The summed E-state index contributed by atoms with van der Waals surface area (Å²) in [5.41, 5.74) is -0.687. The van der Waals surface area contributed by atoms with Crippen molar-refractivity contribution in [1.82, 2.24) is 4.98 Å². The van der Waals surface area contributed by atoms with Gasteiger partial charge in [-0.1, -0.05) is 12.1 Å². The smallest absolute Gasteiger partial charge is 0.293 e. The van der Waals surface area contributed by atoms with Crippen molar-refractivity contribution in [2.45, 2.75) is 13.1 Å². The predicted molar refractivity (Wildman–Crippen MR) is 56.7 cm³/mol. The molecule has 1 heterocycles. The first-order valence-electron chi connectivity index (χ1n) is 4.87. The Bertz CT molecular complexity index is 590. The molecule has 1 aromatic carbocycles. The van der Waals surface area contributed by atoms with Gasteiger partial charge in [0.05, 0.1) is 5.56 Å². The van der Waals surface area contributed by atoms with Gasteiger partial charge in [-0.25, -0.2) is 0 Å². The fraction of sp³-hybridized carbons (Fsp3) is 0.167. The molecule has 0 radical (unpaired) electrons. The van der Waals surface area contributed by atoms with Gasteiger partial charge in [0.1, 0.15) is 5.69 Å². The van der Waals surface area contributed by atoms with E-state index in [1.807, 2.05) is 0 Å². The minimum absolute atomic E-state index is 0.000185. The Labute approximate surface area is 95.1 Å². The molecule has 0 amide bonds. The van der Waals surface area contributed by atoms with Gasteiger partial charge < -0.3 is 0 Å². The molecule has 0 bridgehead atoms. The number of ketones is 1. The maximum atomic E-state index is 12.7. The summed E-state index contributed by atoms with van der Waals surface area (Å²) in [6.45, 7) is 1.28. The number of nitrogens with zero attached hydrogens (tertiary/aromatic N) is 1. The number of rotatable bonds is 1. The second-order valence-electron chi connectivity index (χ2n) is 3.61. The van der Waals surface area contributed by atoms with Gasteiger partial charge in [-0.2, -0.15) is 13.2 Å². The van der Waals surface area contributed by atoms with E-state index >= 15 is 0 Å². The Morgan fingerprint density at radius 3 is 2.47 bits per heavy atom. The maximum Gasteiger partial charge on any atom is 0.417 e. The van der Waals surface area contributed by atoms with Crippen LogP contribution in [0.4, 0.5) is 13.2 Å². The van der Waals surface area contributed by atoms with Crippen molar-refractivity contribution < 1.29 is 18.0 Å². The summed E-state index contributed by atoms with van der Waals surface area (Å²) in [6.07, 6.45) is -3.22. The fourth-order valence-electron chi connectivity index (χ4n) is 1.73. The van der Waals surface area contributed by atoms with Gasteiger partial charge >= 0.3 is 6.18 Å². The number of hydrogen-bond acceptors (Lipinski definition) is 2. The SMILES string of the molecule is CC(=O)c1nccc2c(C(F)(F)F)cccc12. The first-order chi connectivity index (χ1) is 7.91. The number of carbonyl (C=O) groups is 1. The quantitative estimate of drug-likeness (QED) is 0.713. The lowest BCUT2D eigenvalue weighted by Crippen LogP contribution is -2.07. The minimum atomic E-state index is -4.44. The lowest BCUT2D eigenvalue weighted by atomic mass is 10.0. The topological polar surface area (TPSA) is 30.0 Å². The van der Waals surface area contributed by atoms with E-state index in [1.54, 1.807) is 0 Å². The van der Waals surface area contributed by atoms with Crippen molar-refractivity contribution >= 4 is 16.6 Å². The molecule has 1 aromatic heterocycles. The van der Waals surface area contributed by atoms with Gasteiger partial charge in [0.25, 0.3) is 0 Å². The third-order valence-corrected chi connectivity index (χ3v) is 2.44. The number of halogens is 3. The van der Waals surface area contributed by atoms with Crippen molar-refractivity contribution in [1.29, 1.82) is 0 Å². The molecule has 17 heavy (non-hydrogen) atoms. The first-order valence-corrected chi connectivity index (χ1v) is 4.87. The lowest BCUT2D eigenvalue weighted by Gasteiger charge is -2.11. The summed E-state index contributed by atoms with van der Waals surface area (Å²) in [6, 6.07) is 5.00. The van der Waals surface area contributed by atoms with Gasteiger partial charge in [-0.3, -0.25) is 9.78 Å². The third kappa shape index (κ3) is 2.00. The number of alkyl halides is 3. The normalized spacial score (nSPS) is 11.8. The highest BCUT2D eigenvalue weighted by Gasteiger charge is 2.32. The van der Waals surface area contributed by atoms with Crippen LogP contribution >= 0.6 is 0 Å². The summed E-state index contributed by atoms with van der Waals surface area (Å²) >= 11 is 0. The number of Topliss-reactive ketones (excluding diaryl/α,β-unsaturated/α-hetero) is 1. The van der Waals surface area contributed by atoms with Crippen molar-refractivity contribution in [3.8, 4) is 0 Å². The molecule has 0 aliphatic rings. The van der Waals surface area contributed by atoms with Crippen molar-refractivity contribution in [3.05, 3.63) is 41.7 Å². The second kappa shape index (κ2) is 3.84. The molecule has 0 atom stereocenters. The minimum Gasteiger partial charge on any atom is -0.293 e. The molecule has 5 heteroatoms. The molecule has 2 rings (SSSR count). The molecule has 0 saturated heterocycles. The fourth-order valence-corrected chi connectivity index (χ4v) is 1.73. The average molecular weight is 239 g/mol. The zero-order valence-electron chi connectivity index (χ0n) is 8.88. The van der Waals surface area contributed by atoms with Gasteiger partial charge in [0, 0.05) is 18.5 Å². The van der Waals surface area contributed by atoms with Gasteiger partial charge in [0.15, 0.2) is 5.78 Å². The Morgan fingerprint density at radius 2 is 1.88 bits per heavy atom. The van der Waals surface area contributed by atoms with E-state index in [-0.39, 0.29) is 22.2 Å². The molecule has 2 aromatic rings. The van der Waals surface area contributed by atoms with Crippen molar-refractivity contribution in [3.63, 3.8) is 0 Å². The summed E-state index contributed by atoms with van der Waals surface area (Å²) in [5, 5.41) is 0.232. The Morgan fingerprint density at radius 1 is 1.18 bits per heavy atom. The molecule has 88 valence electrons. The molecule has 0 aliphatic heterocycles. The number of pyridine rings is 1. The molecule has 2 nitrogen and oxygen atoms in total. The number of hydrogen-bond donors (Lipinski definition) is 0. The van der Waals surface area contributed by atoms with E-state index in [0.29, 0.717) is 0 Å². The Hall–Kier alpha value is -1.91. The molecule has 0 saturated carbocycles. The zero-order chi connectivity index (χ0) is 12.6. The van der Waals surface area contributed by atoms with Crippen molar-refractivity contribution in [2.24, 2.45) is 0 Å². The standard InChI is InChI=1S/C12H8F3NO/c1-7(17)11-9-3-2-4-10(12(13,14)15)8(9)5-6-16-11/h2-6H,1H3. The lowest BCUT2D eigenvalue weighted by molar-refractivity contribution is -0.136. The van der Waals surface area contributed by atoms with Gasteiger partial charge in [0.2, 0.25) is 0 Å². The molecule has 0 spiro atoms. The average Bonchev–Trinajstić information content (AvgIpc) is 2.26. The highest BCUT2D eigenvalue weighted by atomic mass is 19.4. The Balaban J connectivity index is 2.84. The van der Waals surface area contributed by atoms with E-state index in [2.05, 4.69) is 4.98 Å². The Kier molecular flexibility index (Phi) is 2.61. The van der Waals surface area contributed by atoms with Crippen LogP contribution in [-0.4, -0.2) is 10.8 Å². The summed E-state index contributed by atoms with van der Waals surface area (Å²) in [5.74, 6) is -0.352. The first kappa shape index (κ1) is 11.6. The van der Waals surface area contributed by atoms with Crippen LogP contribution in [0.3, 0.4) is 0 Å². The van der Waals surface area contributed by atoms with Crippen LogP contribution < -0.4 is 0 Å². The monoisotopic (exact) mass is 239 g/mol. The van der Waals surface area contributed by atoms with Crippen LogP contribution in [0.5, 0.6) is 0 Å². The van der Waals surface area contributed by atoms with E-state index in [4.69, 9.17) is 0 Å². The van der Waals surface area contributed by atoms with Gasteiger partial charge in [-0.05, 0) is 17.5 Å². The third-order valence-electron chi connectivity index (χ3n) is 2.44. The number of carbonyl (C=O) groups excluding carboxylic acids is 1. The number of benzene rings is 1. The highest BCUT2D eigenvalue weighted by Crippen LogP contribution is 2.35. The summed E-state index contributed by atoms with van der Waals surface area (Å²) in [7, 11) is 0.